The third-order valence-electron chi connectivity index (χ3n) is 3.61. The zero-order valence-corrected chi connectivity index (χ0v) is 10.6. The lowest BCUT2D eigenvalue weighted by molar-refractivity contribution is 0.173. The molecule has 2 heteroatoms. The molecule has 0 unspecified atom stereocenters. The van der Waals surface area contributed by atoms with Gasteiger partial charge >= 0.3 is 0 Å². The SMILES string of the molecule is CC[C@H](O)c1ccc(OCC2CCCC2)cc1. The summed E-state index contributed by atoms with van der Waals surface area (Å²) in [7, 11) is 0. The predicted octanol–water partition coefficient (Wildman–Crippen LogP) is 3.70. The standard InChI is InChI=1S/C15H22O2/c1-2-15(16)13-7-9-14(10-8-13)17-11-12-5-3-4-6-12/h7-10,12,15-16H,2-6,11H2,1H3/t15-/m0/s1. The van der Waals surface area contributed by atoms with Crippen LogP contribution in [0.25, 0.3) is 0 Å². The monoisotopic (exact) mass is 234 g/mol. The van der Waals surface area contributed by atoms with Gasteiger partial charge in [0.1, 0.15) is 5.75 Å². The van der Waals surface area contributed by atoms with Crippen molar-refractivity contribution in [2.45, 2.75) is 45.1 Å². The van der Waals surface area contributed by atoms with Crippen LogP contribution in [0.4, 0.5) is 0 Å². The number of aliphatic hydroxyl groups is 1. The van der Waals surface area contributed by atoms with E-state index in [1.807, 2.05) is 31.2 Å². The van der Waals surface area contributed by atoms with Crippen LogP contribution in [0.5, 0.6) is 5.75 Å². The van der Waals surface area contributed by atoms with Crippen molar-refractivity contribution < 1.29 is 9.84 Å². The number of hydrogen-bond acceptors (Lipinski definition) is 2. The Labute approximate surface area is 104 Å². The lowest BCUT2D eigenvalue weighted by Gasteiger charge is -2.12. The van der Waals surface area contributed by atoms with Gasteiger partial charge in [0.15, 0.2) is 0 Å². The van der Waals surface area contributed by atoms with Crippen molar-refractivity contribution in [2.75, 3.05) is 6.61 Å². The van der Waals surface area contributed by atoms with Crippen LogP contribution in [0.3, 0.4) is 0 Å². The quantitative estimate of drug-likeness (QED) is 0.841. The lowest BCUT2D eigenvalue weighted by Crippen LogP contribution is -2.08. The summed E-state index contributed by atoms with van der Waals surface area (Å²) in [5.41, 5.74) is 0.973. The van der Waals surface area contributed by atoms with Crippen LogP contribution >= 0.6 is 0 Å². The molecule has 0 aliphatic heterocycles. The smallest absolute Gasteiger partial charge is 0.119 e. The second kappa shape index (κ2) is 6.06. The Kier molecular flexibility index (Phi) is 4.43. The number of aliphatic hydroxyl groups excluding tert-OH is 1. The first-order valence-electron chi connectivity index (χ1n) is 6.70. The van der Waals surface area contributed by atoms with E-state index in [0.717, 1.165) is 30.3 Å². The molecule has 2 nitrogen and oxygen atoms in total. The number of rotatable bonds is 5. The van der Waals surface area contributed by atoms with Crippen molar-refractivity contribution in [1.29, 1.82) is 0 Å². The largest absolute Gasteiger partial charge is 0.493 e. The Morgan fingerprint density at radius 1 is 1.24 bits per heavy atom. The molecular weight excluding hydrogens is 212 g/mol. The summed E-state index contributed by atoms with van der Waals surface area (Å²) >= 11 is 0. The van der Waals surface area contributed by atoms with Crippen LogP contribution < -0.4 is 4.74 Å². The lowest BCUT2D eigenvalue weighted by atomic mass is 10.1. The van der Waals surface area contributed by atoms with Crippen molar-refractivity contribution in [2.24, 2.45) is 5.92 Å². The molecule has 17 heavy (non-hydrogen) atoms. The van der Waals surface area contributed by atoms with Crippen molar-refractivity contribution >= 4 is 0 Å². The molecule has 1 aromatic carbocycles. The van der Waals surface area contributed by atoms with Gasteiger partial charge < -0.3 is 9.84 Å². The molecular formula is C15H22O2. The predicted molar refractivity (Wildman–Crippen MR) is 69.1 cm³/mol. The molecule has 1 aliphatic rings. The first-order valence-corrected chi connectivity index (χ1v) is 6.70. The third-order valence-corrected chi connectivity index (χ3v) is 3.61. The van der Waals surface area contributed by atoms with Gasteiger partial charge in [-0.3, -0.25) is 0 Å². The van der Waals surface area contributed by atoms with Gasteiger partial charge in [0.2, 0.25) is 0 Å². The summed E-state index contributed by atoms with van der Waals surface area (Å²) in [6.45, 7) is 2.82. The number of ether oxygens (including phenoxy) is 1. The topological polar surface area (TPSA) is 29.5 Å². The molecule has 94 valence electrons. The zero-order valence-electron chi connectivity index (χ0n) is 10.6. The maximum atomic E-state index is 9.68. The summed E-state index contributed by atoms with van der Waals surface area (Å²) < 4.78 is 5.78. The van der Waals surface area contributed by atoms with Crippen LogP contribution in [0, 0.1) is 5.92 Å². The van der Waals surface area contributed by atoms with Gasteiger partial charge in [0.25, 0.3) is 0 Å². The van der Waals surface area contributed by atoms with E-state index in [0.29, 0.717) is 0 Å². The molecule has 2 rings (SSSR count). The summed E-state index contributed by atoms with van der Waals surface area (Å²) in [6, 6.07) is 7.84. The highest BCUT2D eigenvalue weighted by molar-refractivity contribution is 5.28. The molecule has 1 fully saturated rings. The van der Waals surface area contributed by atoms with E-state index >= 15 is 0 Å². The maximum Gasteiger partial charge on any atom is 0.119 e. The molecule has 1 aliphatic carbocycles. The molecule has 0 spiro atoms. The summed E-state index contributed by atoms with van der Waals surface area (Å²) in [5.74, 6) is 1.67. The van der Waals surface area contributed by atoms with E-state index in [1.54, 1.807) is 0 Å². The minimum absolute atomic E-state index is 0.348. The van der Waals surface area contributed by atoms with Crippen molar-refractivity contribution in [1.82, 2.24) is 0 Å². The van der Waals surface area contributed by atoms with Crippen molar-refractivity contribution in [3.05, 3.63) is 29.8 Å². The molecule has 0 amide bonds. The minimum atomic E-state index is -0.348. The normalized spacial score (nSPS) is 18.2. The van der Waals surface area contributed by atoms with Crippen LogP contribution in [0.15, 0.2) is 24.3 Å². The number of hydrogen-bond donors (Lipinski definition) is 1. The molecule has 1 saturated carbocycles. The minimum Gasteiger partial charge on any atom is -0.493 e. The van der Waals surface area contributed by atoms with Crippen molar-refractivity contribution in [3.63, 3.8) is 0 Å². The maximum absolute atomic E-state index is 9.68. The zero-order chi connectivity index (χ0) is 12.1. The van der Waals surface area contributed by atoms with Crippen molar-refractivity contribution in [3.8, 4) is 5.75 Å². The van der Waals surface area contributed by atoms with Crippen LogP contribution in [0.1, 0.15) is 50.7 Å². The Morgan fingerprint density at radius 2 is 1.88 bits per heavy atom. The van der Waals surface area contributed by atoms with Gasteiger partial charge in [0.05, 0.1) is 12.7 Å². The van der Waals surface area contributed by atoms with Gasteiger partial charge in [-0.05, 0) is 42.9 Å². The van der Waals surface area contributed by atoms with Gasteiger partial charge in [-0.25, -0.2) is 0 Å². The van der Waals surface area contributed by atoms with Crippen LogP contribution in [-0.2, 0) is 0 Å². The van der Waals surface area contributed by atoms with E-state index in [1.165, 1.54) is 25.7 Å². The van der Waals surface area contributed by atoms with Crippen LogP contribution in [0.2, 0.25) is 0 Å². The molecule has 0 heterocycles. The van der Waals surface area contributed by atoms with Gasteiger partial charge in [0, 0.05) is 0 Å². The summed E-state index contributed by atoms with van der Waals surface area (Å²) in [4.78, 5) is 0. The fourth-order valence-electron chi connectivity index (χ4n) is 2.41. The molecule has 0 radical (unpaired) electrons. The molecule has 1 aromatic rings. The average molecular weight is 234 g/mol. The Hall–Kier alpha value is -1.02. The highest BCUT2D eigenvalue weighted by Crippen LogP contribution is 2.26. The average Bonchev–Trinajstić information content (AvgIpc) is 2.89. The van der Waals surface area contributed by atoms with E-state index in [-0.39, 0.29) is 6.10 Å². The van der Waals surface area contributed by atoms with Gasteiger partial charge in [-0.1, -0.05) is 31.9 Å². The van der Waals surface area contributed by atoms with E-state index in [2.05, 4.69) is 0 Å². The van der Waals surface area contributed by atoms with E-state index in [9.17, 15) is 5.11 Å². The Balaban J connectivity index is 1.84. The fraction of sp³-hybridized carbons (Fsp3) is 0.600. The first-order chi connectivity index (χ1) is 8.29. The van der Waals surface area contributed by atoms with Gasteiger partial charge in [-0.15, -0.1) is 0 Å². The van der Waals surface area contributed by atoms with Gasteiger partial charge in [-0.2, -0.15) is 0 Å². The second-order valence-electron chi connectivity index (χ2n) is 4.95. The fourth-order valence-corrected chi connectivity index (χ4v) is 2.41. The molecule has 0 bridgehead atoms. The summed E-state index contributed by atoms with van der Waals surface area (Å²) in [5, 5.41) is 9.68. The second-order valence-corrected chi connectivity index (χ2v) is 4.95. The number of benzene rings is 1. The Morgan fingerprint density at radius 3 is 2.47 bits per heavy atom. The Bertz CT molecular complexity index is 325. The van der Waals surface area contributed by atoms with E-state index in [4.69, 9.17) is 4.74 Å². The van der Waals surface area contributed by atoms with E-state index < -0.39 is 0 Å². The summed E-state index contributed by atoms with van der Waals surface area (Å²) in [6.07, 6.45) is 5.74. The molecule has 0 saturated heterocycles. The molecule has 1 atom stereocenters. The third kappa shape index (κ3) is 3.47. The highest BCUT2D eigenvalue weighted by atomic mass is 16.5. The van der Waals surface area contributed by atoms with Crippen LogP contribution in [-0.4, -0.2) is 11.7 Å². The molecule has 1 N–H and O–H groups in total. The molecule has 0 aromatic heterocycles. The highest BCUT2D eigenvalue weighted by Gasteiger charge is 2.15. The first kappa shape index (κ1) is 12.4.